The average molecular weight is 315 g/mol. The van der Waals surface area contributed by atoms with E-state index in [-0.39, 0.29) is 6.54 Å². The molecule has 0 radical (unpaired) electrons. The maximum atomic E-state index is 11.7. The summed E-state index contributed by atoms with van der Waals surface area (Å²) in [6, 6.07) is 0. The molecule has 2 rings (SSSR count). The van der Waals surface area contributed by atoms with E-state index in [9.17, 15) is 14.7 Å². The third-order valence-corrected chi connectivity index (χ3v) is 4.03. The van der Waals surface area contributed by atoms with Gasteiger partial charge < -0.3 is 25.2 Å². The van der Waals surface area contributed by atoms with Gasteiger partial charge >= 0.3 is 11.8 Å². The molecule has 0 unspecified atom stereocenters. The van der Waals surface area contributed by atoms with Crippen LogP contribution in [0.2, 0.25) is 0 Å². The van der Waals surface area contributed by atoms with Crippen molar-refractivity contribution in [3.05, 3.63) is 0 Å². The molecule has 0 aromatic carbocycles. The highest BCUT2D eigenvalue weighted by Gasteiger charge is 2.30. The van der Waals surface area contributed by atoms with Crippen LogP contribution in [-0.4, -0.2) is 86.6 Å². The number of rotatable bonds is 5. The van der Waals surface area contributed by atoms with E-state index in [1.54, 1.807) is 0 Å². The van der Waals surface area contributed by atoms with Crippen molar-refractivity contribution in [3.63, 3.8) is 0 Å². The number of carbonyl (C=O) groups is 2. The van der Waals surface area contributed by atoms with Gasteiger partial charge in [0.15, 0.2) is 0 Å². The van der Waals surface area contributed by atoms with Gasteiger partial charge in [-0.3, -0.25) is 14.5 Å². The summed E-state index contributed by atoms with van der Waals surface area (Å²) in [4.78, 5) is 25.6. The van der Waals surface area contributed by atoms with Crippen molar-refractivity contribution in [3.8, 4) is 0 Å². The first-order valence-corrected chi connectivity index (χ1v) is 7.75. The Morgan fingerprint density at radius 2 is 1.59 bits per heavy atom. The van der Waals surface area contributed by atoms with Gasteiger partial charge in [-0.05, 0) is 0 Å². The van der Waals surface area contributed by atoms with Crippen molar-refractivity contribution in [1.82, 2.24) is 15.5 Å². The molecule has 126 valence electrons. The van der Waals surface area contributed by atoms with Gasteiger partial charge in [0.25, 0.3) is 0 Å². The molecule has 0 atom stereocenters. The maximum Gasteiger partial charge on any atom is 0.309 e. The minimum absolute atomic E-state index is 0.0755. The zero-order valence-corrected chi connectivity index (χ0v) is 12.8. The second kappa shape index (κ2) is 8.42. The summed E-state index contributed by atoms with van der Waals surface area (Å²) < 4.78 is 10.4. The van der Waals surface area contributed by atoms with Crippen molar-refractivity contribution >= 4 is 11.8 Å². The molecule has 2 amide bonds. The Kier molecular flexibility index (Phi) is 6.56. The lowest BCUT2D eigenvalue weighted by atomic mass is 9.94. The molecule has 0 saturated carbocycles. The minimum atomic E-state index is -0.970. The Morgan fingerprint density at radius 3 is 2.27 bits per heavy atom. The molecule has 2 aliphatic heterocycles. The number of hydrogen-bond donors (Lipinski definition) is 3. The lowest BCUT2D eigenvalue weighted by Crippen LogP contribution is -2.50. The zero-order chi connectivity index (χ0) is 15.8. The Labute approximate surface area is 130 Å². The fourth-order valence-corrected chi connectivity index (χ4v) is 2.49. The largest absolute Gasteiger partial charge is 0.388 e. The molecular formula is C14H25N3O5. The van der Waals surface area contributed by atoms with Gasteiger partial charge in [-0.25, -0.2) is 0 Å². The number of nitrogens with one attached hydrogen (secondary N) is 2. The van der Waals surface area contributed by atoms with Gasteiger partial charge in [0.1, 0.15) is 0 Å². The normalized spacial score (nSPS) is 22.0. The van der Waals surface area contributed by atoms with E-state index < -0.39 is 17.4 Å². The Bertz CT molecular complexity index is 379. The summed E-state index contributed by atoms with van der Waals surface area (Å²) >= 11 is 0. The van der Waals surface area contributed by atoms with Gasteiger partial charge in [-0.1, -0.05) is 0 Å². The van der Waals surface area contributed by atoms with Crippen LogP contribution in [0, 0.1) is 0 Å². The Morgan fingerprint density at radius 1 is 1.00 bits per heavy atom. The van der Waals surface area contributed by atoms with E-state index >= 15 is 0 Å². The number of aliphatic hydroxyl groups is 1. The molecule has 0 aromatic rings. The number of hydrogen-bond acceptors (Lipinski definition) is 6. The standard InChI is InChI=1S/C14H25N3O5/c18-12(15-3-4-17-5-9-22-10-6-17)13(19)16-11-14(20)1-7-21-8-2-14/h20H,1-11H2,(H,15,18)(H,16,19). The van der Waals surface area contributed by atoms with Gasteiger partial charge in [0, 0.05) is 58.8 Å². The molecule has 8 heteroatoms. The molecule has 2 aliphatic rings. The molecule has 0 spiro atoms. The van der Waals surface area contributed by atoms with Crippen molar-refractivity contribution in [2.24, 2.45) is 0 Å². The number of amides is 2. The van der Waals surface area contributed by atoms with Gasteiger partial charge in [-0.2, -0.15) is 0 Å². The van der Waals surface area contributed by atoms with Crippen LogP contribution in [-0.2, 0) is 19.1 Å². The summed E-state index contributed by atoms with van der Waals surface area (Å²) in [7, 11) is 0. The quantitative estimate of drug-likeness (QED) is 0.512. The van der Waals surface area contributed by atoms with Crippen LogP contribution < -0.4 is 10.6 Å². The first-order chi connectivity index (χ1) is 10.6. The molecule has 0 aliphatic carbocycles. The predicted octanol–water partition coefficient (Wildman–Crippen LogP) is -1.91. The monoisotopic (exact) mass is 315 g/mol. The predicted molar refractivity (Wildman–Crippen MR) is 78.3 cm³/mol. The molecule has 2 fully saturated rings. The fourth-order valence-electron chi connectivity index (χ4n) is 2.49. The first kappa shape index (κ1) is 17.1. The summed E-state index contributed by atoms with van der Waals surface area (Å²) in [5.41, 5.74) is -0.970. The smallest absolute Gasteiger partial charge is 0.309 e. The molecule has 0 aromatic heterocycles. The second-order valence-electron chi connectivity index (χ2n) is 5.73. The van der Waals surface area contributed by atoms with Crippen molar-refractivity contribution in [1.29, 1.82) is 0 Å². The molecule has 2 saturated heterocycles. The zero-order valence-electron chi connectivity index (χ0n) is 12.8. The summed E-state index contributed by atoms with van der Waals surface area (Å²) in [6.07, 6.45) is 0.928. The third-order valence-electron chi connectivity index (χ3n) is 4.03. The van der Waals surface area contributed by atoms with E-state index in [1.165, 1.54) is 0 Å². The average Bonchev–Trinajstić information content (AvgIpc) is 2.54. The number of ether oxygens (including phenoxy) is 2. The highest BCUT2D eigenvalue weighted by Crippen LogP contribution is 2.18. The first-order valence-electron chi connectivity index (χ1n) is 7.75. The highest BCUT2D eigenvalue weighted by atomic mass is 16.5. The van der Waals surface area contributed by atoms with Crippen LogP contribution in [0.4, 0.5) is 0 Å². The number of nitrogens with zero attached hydrogens (tertiary/aromatic N) is 1. The van der Waals surface area contributed by atoms with Crippen LogP contribution in [0.25, 0.3) is 0 Å². The SMILES string of the molecule is O=C(NCCN1CCOCC1)C(=O)NCC1(O)CCOCC1. The lowest BCUT2D eigenvalue weighted by molar-refractivity contribution is -0.140. The van der Waals surface area contributed by atoms with Gasteiger partial charge in [0.2, 0.25) is 0 Å². The van der Waals surface area contributed by atoms with Crippen LogP contribution in [0.3, 0.4) is 0 Å². The number of morpholine rings is 1. The van der Waals surface area contributed by atoms with E-state index in [1.807, 2.05) is 0 Å². The van der Waals surface area contributed by atoms with Crippen LogP contribution >= 0.6 is 0 Å². The summed E-state index contributed by atoms with van der Waals surface area (Å²) in [5.74, 6) is -1.37. The third kappa shape index (κ3) is 5.53. The van der Waals surface area contributed by atoms with E-state index in [2.05, 4.69) is 15.5 Å². The Balaban J connectivity index is 1.60. The lowest BCUT2D eigenvalue weighted by Gasteiger charge is -2.31. The summed E-state index contributed by atoms with van der Waals surface area (Å²) in [6.45, 7) is 5.23. The highest BCUT2D eigenvalue weighted by molar-refractivity contribution is 6.35. The molecule has 8 nitrogen and oxygen atoms in total. The van der Waals surface area contributed by atoms with Crippen molar-refractivity contribution < 1.29 is 24.2 Å². The molecule has 2 heterocycles. The van der Waals surface area contributed by atoms with Crippen molar-refractivity contribution in [2.75, 3.05) is 59.2 Å². The van der Waals surface area contributed by atoms with Crippen LogP contribution in [0.5, 0.6) is 0 Å². The van der Waals surface area contributed by atoms with Crippen LogP contribution in [0.15, 0.2) is 0 Å². The second-order valence-corrected chi connectivity index (χ2v) is 5.73. The van der Waals surface area contributed by atoms with Crippen molar-refractivity contribution in [2.45, 2.75) is 18.4 Å². The number of carbonyl (C=O) groups excluding carboxylic acids is 2. The topological polar surface area (TPSA) is 100 Å². The summed E-state index contributed by atoms with van der Waals surface area (Å²) in [5, 5.41) is 15.3. The van der Waals surface area contributed by atoms with E-state index in [4.69, 9.17) is 9.47 Å². The minimum Gasteiger partial charge on any atom is -0.388 e. The van der Waals surface area contributed by atoms with E-state index in [0.717, 1.165) is 13.1 Å². The molecular weight excluding hydrogens is 290 g/mol. The van der Waals surface area contributed by atoms with Crippen LogP contribution in [0.1, 0.15) is 12.8 Å². The maximum absolute atomic E-state index is 11.7. The molecule has 0 bridgehead atoms. The fraction of sp³-hybridized carbons (Fsp3) is 0.857. The Hall–Kier alpha value is -1.22. The molecule has 22 heavy (non-hydrogen) atoms. The molecule has 3 N–H and O–H groups in total. The van der Waals surface area contributed by atoms with Gasteiger partial charge in [-0.15, -0.1) is 0 Å². The van der Waals surface area contributed by atoms with E-state index in [0.29, 0.717) is 52.4 Å². The van der Waals surface area contributed by atoms with Gasteiger partial charge in [0.05, 0.1) is 18.8 Å².